The Balaban J connectivity index is 1.11. The van der Waals surface area contributed by atoms with E-state index in [1.165, 1.54) is 71.0 Å². The van der Waals surface area contributed by atoms with Crippen LogP contribution in [0.2, 0.25) is 0 Å². The van der Waals surface area contributed by atoms with E-state index in [1.54, 1.807) is 0 Å². The lowest BCUT2D eigenvalue weighted by Crippen LogP contribution is -2.16. The van der Waals surface area contributed by atoms with Gasteiger partial charge in [-0.05, 0) is 92.3 Å². The topological polar surface area (TPSA) is 35.6 Å². The van der Waals surface area contributed by atoms with Gasteiger partial charge in [0.15, 0.2) is 0 Å². The van der Waals surface area contributed by atoms with Gasteiger partial charge < -0.3 is 4.57 Å². The predicted molar refractivity (Wildman–Crippen MR) is 246 cm³/mol. The molecule has 0 atom stereocenters. The van der Waals surface area contributed by atoms with Crippen LogP contribution in [-0.2, 0) is 5.41 Å². The highest BCUT2D eigenvalue weighted by Crippen LogP contribution is 2.52. The molecule has 0 fully saturated rings. The Kier molecular flexibility index (Phi) is 6.48. The molecule has 0 saturated heterocycles. The maximum absolute atomic E-state index is 5.63. The molecule has 0 amide bonds. The fourth-order valence-electron chi connectivity index (χ4n) is 10.5. The number of fused-ring (bicyclic) bond motifs is 13. The Hall–Kier alpha value is -7.56. The fraction of sp³-hybridized carbons (Fsp3) is 0.0545. The van der Waals surface area contributed by atoms with Gasteiger partial charge in [0.1, 0.15) is 0 Å². The molecule has 0 aliphatic heterocycles. The van der Waals surface area contributed by atoms with Crippen LogP contribution in [0, 0.1) is 0 Å². The predicted octanol–water partition coefficient (Wildman–Crippen LogP) is 14.1. The summed E-state index contributed by atoms with van der Waals surface area (Å²) < 4.78 is 4.73. The molecule has 59 heavy (non-hydrogen) atoms. The largest absolute Gasteiger partial charge is 0.309 e. The normalized spacial score (nSPS) is 13.4. The molecule has 1 aliphatic rings. The number of para-hydroxylation sites is 2. The van der Waals surface area contributed by atoms with Gasteiger partial charge in [-0.2, -0.15) is 0 Å². The van der Waals surface area contributed by atoms with Crippen molar-refractivity contribution < 1.29 is 0 Å². The zero-order valence-electron chi connectivity index (χ0n) is 32.6. The summed E-state index contributed by atoms with van der Waals surface area (Å²) in [7, 11) is 0. The molecule has 4 nitrogen and oxygen atoms in total. The van der Waals surface area contributed by atoms with Gasteiger partial charge in [-0.1, -0.05) is 147 Å². The Morgan fingerprint density at radius 3 is 1.95 bits per heavy atom. The van der Waals surface area contributed by atoms with E-state index in [0.29, 0.717) is 5.95 Å². The summed E-state index contributed by atoms with van der Waals surface area (Å²) in [6.45, 7) is 4.70. The van der Waals surface area contributed by atoms with Crippen molar-refractivity contribution in [2.75, 3.05) is 0 Å². The summed E-state index contributed by atoms with van der Waals surface area (Å²) >= 11 is 0. The lowest BCUT2D eigenvalue weighted by Gasteiger charge is -2.24. The molecule has 0 unspecified atom stereocenters. The summed E-state index contributed by atoms with van der Waals surface area (Å²) in [5.74, 6) is 0.663. The lowest BCUT2D eigenvalue weighted by molar-refractivity contribution is 0.662. The minimum Gasteiger partial charge on any atom is -0.309 e. The molecule has 0 N–H and O–H groups in total. The van der Waals surface area contributed by atoms with Crippen molar-refractivity contribution in [2.24, 2.45) is 0 Å². The molecule has 3 heterocycles. The molecule has 0 radical (unpaired) electrons. The van der Waals surface area contributed by atoms with Crippen molar-refractivity contribution >= 4 is 76.1 Å². The number of nitrogens with zero attached hydrogens (tertiary/aromatic N) is 4. The van der Waals surface area contributed by atoms with E-state index in [9.17, 15) is 0 Å². The molecule has 0 spiro atoms. The Morgan fingerprint density at radius 1 is 0.407 bits per heavy atom. The Bertz CT molecular complexity index is 3770. The van der Waals surface area contributed by atoms with Crippen molar-refractivity contribution in [1.82, 2.24) is 19.1 Å². The number of rotatable bonds is 3. The summed E-state index contributed by atoms with van der Waals surface area (Å²) in [4.78, 5) is 11.0. The van der Waals surface area contributed by atoms with Crippen LogP contribution in [-0.4, -0.2) is 19.1 Å². The van der Waals surface area contributed by atoms with E-state index in [4.69, 9.17) is 9.97 Å². The maximum atomic E-state index is 5.63. The van der Waals surface area contributed by atoms with E-state index < -0.39 is 0 Å². The first kappa shape index (κ1) is 32.5. The van der Waals surface area contributed by atoms with Gasteiger partial charge in [-0.15, -0.1) is 0 Å². The molecule has 13 rings (SSSR count). The van der Waals surface area contributed by atoms with Crippen LogP contribution in [0.15, 0.2) is 182 Å². The van der Waals surface area contributed by atoms with Crippen molar-refractivity contribution in [2.45, 2.75) is 19.3 Å². The van der Waals surface area contributed by atoms with Crippen LogP contribution >= 0.6 is 0 Å². The number of benzene rings is 9. The van der Waals surface area contributed by atoms with Crippen LogP contribution < -0.4 is 0 Å². The van der Waals surface area contributed by atoms with Crippen molar-refractivity contribution in [3.63, 3.8) is 0 Å². The highest BCUT2D eigenvalue weighted by molar-refractivity contribution is 6.22. The van der Waals surface area contributed by atoms with Crippen molar-refractivity contribution in [3.05, 3.63) is 193 Å². The second-order valence-corrected chi connectivity index (χ2v) is 16.6. The van der Waals surface area contributed by atoms with Crippen molar-refractivity contribution in [1.29, 1.82) is 0 Å². The molecule has 1 aliphatic carbocycles. The van der Waals surface area contributed by atoms with Crippen LogP contribution in [0.1, 0.15) is 25.0 Å². The minimum absolute atomic E-state index is 0.198. The van der Waals surface area contributed by atoms with Gasteiger partial charge in [0.25, 0.3) is 0 Å². The zero-order chi connectivity index (χ0) is 39.0. The molecule has 276 valence electrons. The van der Waals surface area contributed by atoms with Gasteiger partial charge in [-0.3, -0.25) is 4.57 Å². The van der Waals surface area contributed by atoms with E-state index in [1.807, 2.05) is 0 Å². The highest BCUT2D eigenvalue weighted by atomic mass is 15.2. The SMILES string of the molecule is CC1(C)c2ccccc2-c2cccc(-c3nc(-n4c5ccc(-n6c7ccccc7c7cc8ccccc8cc76)cc5c5c6ccccc6ccc54)nc4ccccc34)c21. The molecular weight excluding hydrogens is 717 g/mol. The Morgan fingerprint density at radius 2 is 1.07 bits per heavy atom. The third-order valence-electron chi connectivity index (χ3n) is 13.1. The summed E-state index contributed by atoms with van der Waals surface area (Å²) in [6, 6.07) is 66.3. The first-order chi connectivity index (χ1) is 29.0. The first-order valence-electron chi connectivity index (χ1n) is 20.4. The fourth-order valence-corrected chi connectivity index (χ4v) is 10.5. The minimum atomic E-state index is -0.198. The summed E-state index contributed by atoms with van der Waals surface area (Å²) in [5, 5.41) is 10.8. The second kappa shape index (κ2) is 11.7. The van der Waals surface area contributed by atoms with Crippen LogP contribution in [0.25, 0.3) is 110 Å². The smallest absolute Gasteiger partial charge is 0.235 e. The van der Waals surface area contributed by atoms with E-state index in [0.717, 1.165) is 44.3 Å². The molecule has 9 aromatic carbocycles. The third kappa shape index (κ3) is 4.43. The summed E-state index contributed by atoms with van der Waals surface area (Å²) in [5.41, 5.74) is 13.7. The van der Waals surface area contributed by atoms with Gasteiger partial charge >= 0.3 is 0 Å². The van der Waals surface area contributed by atoms with Gasteiger partial charge in [-0.25, -0.2) is 9.97 Å². The number of hydrogen-bond donors (Lipinski definition) is 0. The van der Waals surface area contributed by atoms with Crippen LogP contribution in [0.4, 0.5) is 0 Å². The number of aromatic nitrogens is 4. The van der Waals surface area contributed by atoms with E-state index in [-0.39, 0.29) is 5.41 Å². The first-order valence-corrected chi connectivity index (χ1v) is 20.4. The molecule has 3 aromatic heterocycles. The van der Waals surface area contributed by atoms with E-state index >= 15 is 0 Å². The van der Waals surface area contributed by atoms with Crippen LogP contribution in [0.3, 0.4) is 0 Å². The van der Waals surface area contributed by atoms with E-state index in [2.05, 4.69) is 205 Å². The Labute approximate surface area is 340 Å². The average Bonchev–Trinajstić information content (AvgIpc) is 3.87. The summed E-state index contributed by atoms with van der Waals surface area (Å²) in [6.07, 6.45) is 0. The van der Waals surface area contributed by atoms with Gasteiger partial charge in [0.2, 0.25) is 5.95 Å². The molecule has 0 saturated carbocycles. The molecular formula is C55H36N4. The maximum Gasteiger partial charge on any atom is 0.235 e. The monoisotopic (exact) mass is 752 g/mol. The quantitative estimate of drug-likeness (QED) is 0.180. The van der Waals surface area contributed by atoms with Gasteiger partial charge in [0.05, 0.1) is 33.3 Å². The number of hydrogen-bond acceptors (Lipinski definition) is 2. The van der Waals surface area contributed by atoms with Crippen LogP contribution in [0.5, 0.6) is 0 Å². The second-order valence-electron chi connectivity index (χ2n) is 16.6. The van der Waals surface area contributed by atoms with Crippen molar-refractivity contribution in [3.8, 4) is 34.0 Å². The lowest BCUT2D eigenvalue weighted by atomic mass is 9.79. The molecule has 0 bridgehead atoms. The average molecular weight is 753 g/mol. The molecule has 12 aromatic rings. The third-order valence-corrected chi connectivity index (χ3v) is 13.1. The standard InChI is InChI=1S/C55H36N4/c1-55(2)45-23-10-7-18-38(45)40-21-13-22-42(52(40)55)53-41-20-8-11-24-46(41)56-54(57-53)59-48-29-27-36(32-44(48)51-37-17-6-5-14-33(37)26-28-49(51)59)58-47-25-12-9-19-39(47)43-30-34-15-3-4-16-35(34)31-50(43)58/h3-32H,1-2H3. The molecule has 4 heteroatoms. The highest BCUT2D eigenvalue weighted by Gasteiger charge is 2.38. The zero-order valence-corrected chi connectivity index (χ0v) is 32.6. The van der Waals surface area contributed by atoms with Gasteiger partial charge in [0, 0.05) is 43.6 Å².